The molecule has 0 saturated heterocycles. The van der Waals surface area contributed by atoms with Crippen molar-refractivity contribution in [2.75, 3.05) is 0 Å². The Morgan fingerprint density at radius 1 is 1.14 bits per heavy atom. The van der Waals surface area contributed by atoms with E-state index in [1.807, 2.05) is 11.3 Å². The van der Waals surface area contributed by atoms with Crippen LogP contribution in [0.15, 0.2) is 35.3 Å². The Labute approximate surface area is 128 Å². The number of benzene rings is 1. The smallest absolute Gasteiger partial charge is 0.155 e. The van der Waals surface area contributed by atoms with Crippen LogP contribution in [-0.4, -0.2) is 11.5 Å². The first kappa shape index (κ1) is 12.2. The van der Waals surface area contributed by atoms with Gasteiger partial charge in [0, 0.05) is 4.70 Å². The second kappa shape index (κ2) is 4.31. The third kappa shape index (κ3) is 1.79. The maximum absolute atomic E-state index is 5.13. The highest BCUT2D eigenvalue weighted by Crippen LogP contribution is 2.49. The fraction of sp³-hybridized carbons (Fsp3) is 0.471. The average Bonchev–Trinajstić information content (AvgIpc) is 3.13. The van der Waals surface area contributed by atoms with Crippen LogP contribution in [0.3, 0.4) is 0 Å². The van der Waals surface area contributed by atoms with Crippen LogP contribution in [0.4, 0.5) is 0 Å². The quantitative estimate of drug-likeness (QED) is 0.842. The van der Waals surface area contributed by atoms with E-state index in [0.717, 1.165) is 11.8 Å². The lowest BCUT2D eigenvalue weighted by atomic mass is 9.65. The van der Waals surface area contributed by atoms with Crippen molar-refractivity contribution in [3.05, 3.63) is 35.2 Å². The maximum atomic E-state index is 5.13. The Morgan fingerprint density at radius 2 is 2.00 bits per heavy atom. The van der Waals surface area contributed by atoms with Crippen LogP contribution in [-0.2, 0) is 0 Å². The molecule has 3 nitrogen and oxygen atoms in total. The van der Waals surface area contributed by atoms with Gasteiger partial charge in [0.2, 0.25) is 0 Å². The van der Waals surface area contributed by atoms with Crippen molar-refractivity contribution in [1.29, 1.82) is 0 Å². The third-order valence-corrected chi connectivity index (χ3v) is 6.61. The number of hydrazine groups is 1. The molecule has 0 amide bonds. The molecule has 3 fully saturated rings. The molecule has 0 unspecified atom stereocenters. The summed E-state index contributed by atoms with van der Waals surface area (Å²) in [5.74, 6) is 2.63. The topological polar surface area (TPSA) is 36.4 Å². The van der Waals surface area contributed by atoms with Crippen molar-refractivity contribution in [3.8, 4) is 0 Å². The predicted octanol–water partition coefficient (Wildman–Crippen LogP) is 3.66. The van der Waals surface area contributed by atoms with E-state index in [4.69, 9.17) is 4.99 Å². The molecule has 0 radical (unpaired) electrons. The highest BCUT2D eigenvalue weighted by atomic mass is 32.1. The van der Waals surface area contributed by atoms with Crippen LogP contribution in [0.5, 0.6) is 0 Å². The second-order valence-corrected chi connectivity index (χ2v) is 7.79. The molecule has 3 saturated carbocycles. The SMILES string of the molecule is c1ccc2sc(C3=N[C@@]4(CC5CCC4CC5)NN3)cc2c1. The van der Waals surface area contributed by atoms with Gasteiger partial charge < -0.3 is 5.43 Å². The predicted molar refractivity (Wildman–Crippen MR) is 87.4 cm³/mol. The Balaban J connectivity index is 1.54. The first-order valence-electron chi connectivity index (χ1n) is 7.94. The number of aliphatic imine (C=N–C) groups is 1. The molecular formula is C17H19N3S. The lowest BCUT2D eigenvalue weighted by molar-refractivity contribution is 0.0506. The number of fused-ring (bicyclic) bond motifs is 3. The molecule has 21 heavy (non-hydrogen) atoms. The standard InChI is InChI=1S/C17H19N3S/c1-2-4-14-12(3-1)9-15(21-14)16-18-17(20-19-16)10-11-5-7-13(17)8-6-11/h1-4,9,11,13,20H,5-8,10H2,(H,18,19)/t11?,13?,17-/m0/s1. The summed E-state index contributed by atoms with van der Waals surface area (Å²) < 4.78 is 1.34. The molecule has 1 aromatic heterocycles. The van der Waals surface area contributed by atoms with Crippen molar-refractivity contribution in [2.45, 2.75) is 37.8 Å². The van der Waals surface area contributed by atoms with Gasteiger partial charge in [0.25, 0.3) is 0 Å². The van der Waals surface area contributed by atoms with Gasteiger partial charge >= 0.3 is 0 Å². The van der Waals surface area contributed by atoms with Gasteiger partial charge in [-0.05, 0) is 61.5 Å². The van der Waals surface area contributed by atoms with E-state index in [-0.39, 0.29) is 5.66 Å². The molecule has 1 spiro atoms. The van der Waals surface area contributed by atoms with Crippen LogP contribution >= 0.6 is 11.3 Å². The molecule has 108 valence electrons. The Bertz CT molecular complexity index is 693. The van der Waals surface area contributed by atoms with E-state index in [1.165, 1.54) is 47.1 Å². The number of hydrogen-bond acceptors (Lipinski definition) is 4. The molecule has 1 atom stereocenters. The number of amidine groups is 1. The lowest BCUT2D eigenvalue weighted by Crippen LogP contribution is -2.56. The number of thiophene rings is 1. The summed E-state index contributed by atoms with van der Waals surface area (Å²) >= 11 is 1.83. The molecule has 2 aromatic rings. The van der Waals surface area contributed by atoms with Crippen molar-refractivity contribution in [1.82, 2.24) is 10.9 Å². The highest BCUT2D eigenvalue weighted by molar-refractivity contribution is 7.20. The average molecular weight is 297 g/mol. The Hall–Kier alpha value is -1.39. The van der Waals surface area contributed by atoms with E-state index in [0.29, 0.717) is 5.92 Å². The second-order valence-electron chi connectivity index (χ2n) is 6.70. The van der Waals surface area contributed by atoms with Gasteiger partial charge in [-0.25, -0.2) is 10.4 Å². The van der Waals surface area contributed by atoms with E-state index in [1.54, 1.807) is 0 Å². The largest absolute Gasteiger partial charge is 0.303 e. The zero-order chi connectivity index (χ0) is 13.9. The summed E-state index contributed by atoms with van der Waals surface area (Å²) in [4.78, 5) is 6.38. The van der Waals surface area contributed by atoms with Crippen molar-refractivity contribution >= 4 is 27.3 Å². The van der Waals surface area contributed by atoms with Gasteiger partial charge in [-0.15, -0.1) is 11.3 Å². The van der Waals surface area contributed by atoms with Gasteiger partial charge in [-0.1, -0.05) is 18.2 Å². The number of nitrogens with zero attached hydrogens (tertiary/aromatic N) is 1. The summed E-state index contributed by atoms with van der Waals surface area (Å²) in [6, 6.07) is 10.8. The van der Waals surface area contributed by atoms with E-state index in [9.17, 15) is 0 Å². The molecule has 2 bridgehead atoms. The molecule has 4 heteroatoms. The van der Waals surface area contributed by atoms with Gasteiger partial charge in [-0.2, -0.15) is 0 Å². The number of hydrogen-bond donors (Lipinski definition) is 2. The fourth-order valence-corrected chi connectivity index (χ4v) is 5.39. The minimum Gasteiger partial charge on any atom is -0.303 e. The molecule has 1 aliphatic heterocycles. The number of nitrogens with one attached hydrogen (secondary N) is 2. The normalized spacial score (nSPS) is 34.4. The molecule has 1 aromatic carbocycles. The van der Waals surface area contributed by atoms with Crippen LogP contribution in [0, 0.1) is 11.8 Å². The zero-order valence-corrected chi connectivity index (χ0v) is 12.7. The zero-order valence-electron chi connectivity index (χ0n) is 11.9. The van der Waals surface area contributed by atoms with Gasteiger partial charge in [0.15, 0.2) is 5.84 Å². The highest BCUT2D eigenvalue weighted by Gasteiger charge is 2.50. The fourth-order valence-electron chi connectivity index (χ4n) is 4.38. The Kier molecular flexibility index (Phi) is 2.50. The van der Waals surface area contributed by atoms with E-state index < -0.39 is 0 Å². The van der Waals surface area contributed by atoms with Crippen LogP contribution < -0.4 is 10.9 Å². The number of rotatable bonds is 1. The van der Waals surface area contributed by atoms with Crippen molar-refractivity contribution < 1.29 is 0 Å². The summed E-state index contributed by atoms with van der Waals surface area (Å²) in [6.07, 6.45) is 6.69. The Morgan fingerprint density at radius 3 is 2.76 bits per heavy atom. The van der Waals surface area contributed by atoms with Gasteiger partial charge in [0.1, 0.15) is 5.66 Å². The lowest BCUT2D eigenvalue weighted by Gasteiger charge is -2.47. The van der Waals surface area contributed by atoms with Gasteiger partial charge in [-0.3, -0.25) is 0 Å². The summed E-state index contributed by atoms with van der Waals surface area (Å²) in [5.41, 5.74) is 6.92. The molecule has 2 N–H and O–H groups in total. The van der Waals surface area contributed by atoms with Crippen LogP contribution in [0.1, 0.15) is 37.0 Å². The van der Waals surface area contributed by atoms with Crippen LogP contribution in [0.25, 0.3) is 10.1 Å². The van der Waals surface area contributed by atoms with Crippen molar-refractivity contribution in [3.63, 3.8) is 0 Å². The summed E-state index contributed by atoms with van der Waals surface area (Å²) in [7, 11) is 0. The maximum Gasteiger partial charge on any atom is 0.155 e. The summed E-state index contributed by atoms with van der Waals surface area (Å²) in [5, 5.41) is 1.31. The summed E-state index contributed by atoms with van der Waals surface area (Å²) in [6.45, 7) is 0. The molecule has 2 heterocycles. The molecule has 6 rings (SSSR count). The van der Waals surface area contributed by atoms with E-state index in [2.05, 4.69) is 41.2 Å². The van der Waals surface area contributed by atoms with Crippen molar-refractivity contribution in [2.24, 2.45) is 16.8 Å². The van der Waals surface area contributed by atoms with E-state index >= 15 is 0 Å². The van der Waals surface area contributed by atoms with Gasteiger partial charge in [0.05, 0.1) is 4.88 Å². The van der Waals surface area contributed by atoms with Crippen LogP contribution in [0.2, 0.25) is 0 Å². The molecule has 3 aliphatic carbocycles. The minimum absolute atomic E-state index is 0.0212. The first-order valence-corrected chi connectivity index (χ1v) is 8.76. The first-order chi connectivity index (χ1) is 10.3. The third-order valence-electron chi connectivity index (χ3n) is 5.49. The molecule has 4 aliphatic rings. The minimum atomic E-state index is -0.0212. The molecular weight excluding hydrogens is 278 g/mol. The monoisotopic (exact) mass is 297 g/mol.